The van der Waals surface area contributed by atoms with E-state index in [1.807, 2.05) is 11.8 Å². The lowest BCUT2D eigenvalue weighted by atomic mass is 10.1. The normalized spacial score (nSPS) is 19.3. The van der Waals surface area contributed by atoms with E-state index in [1.54, 1.807) is 0 Å². The van der Waals surface area contributed by atoms with E-state index in [4.69, 9.17) is 10.5 Å². The summed E-state index contributed by atoms with van der Waals surface area (Å²) in [7, 11) is 2.78. The molecule has 0 amide bonds. The number of ether oxygens (including phenoxy) is 1. The van der Waals surface area contributed by atoms with Gasteiger partial charge in [-0.05, 0) is 6.42 Å². The number of morpholine rings is 1. The van der Waals surface area contributed by atoms with Gasteiger partial charge in [0.15, 0.2) is 5.78 Å². The third-order valence-corrected chi connectivity index (χ3v) is 4.03. The quantitative estimate of drug-likeness (QED) is 0.713. The summed E-state index contributed by atoms with van der Waals surface area (Å²) in [5, 5.41) is 0. The van der Waals surface area contributed by atoms with Crippen LogP contribution in [0.4, 0.5) is 5.82 Å². The maximum atomic E-state index is 12.5. The molecule has 8 nitrogen and oxygen atoms in total. The molecule has 8 heteroatoms. The van der Waals surface area contributed by atoms with Gasteiger partial charge in [-0.15, -0.1) is 0 Å². The molecule has 1 saturated heterocycles. The number of carbonyl (C=O) groups excluding carboxylic acids is 1. The molecule has 0 radical (unpaired) electrons. The first kappa shape index (κ1) is 16.4. The van der Waals surface area contributed by atoms with E-state index in [0.717, 1.165) is 15.6 Å². The van der Waals surface area contributed by atoms with E-state index in [0.29, 0.717) is 19.7 Å². The predicted octanol–water partition coefficient (Wildman–Crippen LogP) is -1.04. The summed E-state index contributed by atoms with van der Waals surface area (Å²) in [4.78, 5) is 38.4. The Morgan fingerprint density at radius 1 is 1.32 bits per heavy atom. The Morgan fingerprint density at radius 2 is 2.00 bits per heavy atom. The Labute approximate surface area is 128 Å². The first-order valence-corrected chi connectivity index (χ1v) is 7.29. The molecule has 0 unspecified atom stereocenters. The third-order valence-electron chi connectivity index (χ3n) is 4.03. The molecule has 1 atom stereocenters. The number of rotatable bonds is 4. The Kier molecular flexibility index (Phi) is 4.82. The van der Waals surface area contributed by atoms with Crippen LogP contribution < -0.4 is 17.0 Å². The lowest BCUT2D eigenvalue weighted by molar-refractivity contribution is -0.0271. The number of carbonyl (C=O) groups is 1. The van der Waals surface area contributed by atoms with Crippen LogP contribution in [-0.2, 0) is 18.8 Å². The van der Waals surface area contributed by atoms with Gasteiger partial charge in [-0.2, -0.15) is 0 Å². The highest BCUT2D eigenvalue weighted by Gasteiger charge is 2.25. The van der Waals surface area contributed by atoms with Crippen molar-refractivity contribution in [2.24, 2.45) is 14.1 Å². The maximum absolute atomic E-state index is 12.5. The van der Waals surface area contributed by atoms with Crippen molar-refractivity contribution >= 4 is 11.6 Å². The minimum Gasteiger partial charge on any atom is -0.384 e. The summed E-state index contributed by atoms with van der Waals surface area (Å²) < 4.78 is 7.57. The van der Waals surface area contributed by atoms with Gasteiger partial charge in [0.25, 0.3) is 5.56 Å². The molecule has 1 fully saturated rings. The average molecular weight is 310 g/mol. The number of anilines is 1. The van der Waals surface area contributed by atoms with E-state index in [9.17, 15) is 14.4 Å². The van der Waals surface area contributed by atoms with Crippen molar-refractivity contribution in [2.75, 3.05) is 32.0 Å². The smallest absolute Gasteiger partial charge is 0.332 e. The zero-order chi connectivity index (χ0) is 16.4. The third kappa shape index (κ3) is 2.97. The molecule has 0 spiro atoms. The first-order chi connectivity index (χ1) is 10.4. The summed E-state index contributed by atoms with van der Waals surface area (Å²) in [5.41, 5.74) is 4.48. The molecule has 0 aromatic carbocycles. The molecule has 2 heterocycles. The molecular weight excluding hydrogens is 288 g/mol. The van der Waals surface area contributed by atoms with Crippen LogP contribution in [0.15, 0.2) is 9.59 Å². The Balaban J connectivity index is 2.27. The van der Waals surface area contributed by atoms with Crippen LogP contribution in [0.5, 0.6) is 0 Å². The van der Waals surface area contributed by atoms with Gasteiger partial charge in [-0.1, -0.05) is 6.92 Å². The van der Waals surface area contributed by atoms with E-state index in [1.165, 1.54) is 14.1 Å². The SMILES string of the molecule is CC[C@H]1CN(CC(=O)c2c(N)n(C)c(=O)n(C)c2=O)CCO1. The molecule has 1 aliphatic heterocycles. The molecule has 1 aromatic rings. The van der Waals surface area contributed by atoms with Gasteiger partial charge in [-0.25, -0.2) is 4.79 Å². The Hall–Kier alpha value is -1.93. The van der Waals surface area contributed by atoms with Crippen molar-refractivity contribution in [3.63, 3.8) is 0 Å². The summed E-state index contributed by atoms with van der Waals surface area (Å²) in [6, 6.07) is 0. The molecule has 122 valence electrons. The number of nitrogens with zero attached hydrogens (tertiary/aromatic N) is 3. The van der Waals surface area contributed by atoms with Gasteiger partial charge in [-0.3, -0.25) is 23.6 Å². The molecule has 1 aromatic heterocycles. The second-order valence-corrected chi connectivity index (χ2v) is 5.53. The number of nitrogen functional groups attached to an aromatic ring is 1. The molecule has 0 aliphatic carbocycles. The number of Topliss-reactive ketones (excluding diaryl/α,β-unsaturated/α-hetero) is 1. The highest BCUT2D eigenvalue weighted by molar-refractivity contribution is 6.01. The summed E-state index contributed by atoms with van der Waals surface area (Å²) in [5.74, 6) is -0.455. The number of ketones is 1. The monoisotopic (exact) mass is 310 g/mol. The number of hydrogen-bond acceptors (Lipinski definition) is 6. The van der Waals surface area contributed by atoms with E-state index >= 15 is 0 Å². The topological polar surface area (TPSA) is 99.6 Å². The highest BCUT2D eigenvalue weighted by atomic mass is 16.5. The Bertz CT molecular complexity index is 691. The van der Waals surface area contributed by atoms with Gasteiger partial charge in [0.2, 0.25) is 0 Å². The van der Waals surface area contributed by atoms with E-state index < -0.39 is 11.2 Å². The number of aromatic nitrogens is 2. The molecule has 2 rings (SSSR count). The summed E-state index contributed by atoms with van der Waals surface area (Å²) in [6.07, 6.45) is 0.968. The van der Waals surface area contributed by atoms with Crippen LogP contribution in [0.25, 0.3) is 0 Å². The fraction of sp³-hybridized carbons (Fsp3) is 0.643. The summed E-state index contributed by atoms with van der Waals surface area (Å²) in [6.45, 7) is 3.96. The lowest BCUT2D eigenvalue weighted by Crippen LogP contribution is -2.47. The second kappa shape index (κ2) is 6.45. The van der Waals surface area contributed by atoms with Gasteiger partial charge < -0.3 is 10.5 Å². The van der Waals surface area contributed by atoms with Crippen LogP contribution in [0.3, 0.4) is 0 Å². The van der Waals surface area contributed by atoms with Gasteiger partial charge >= 0.3 is 5.69 Å². The molecule has 1 aliphatic rings. The lowest BCUT2D eigenvalue weighted by Gasteiger charge is -2.31. The van der Waals surface area contributed by atoms with Crippen LogP contribution in [-0.4, -0.2) is 52.2 Å². The van der Waals surface area contributed by atoms with Crippen molar-refractivity contribution in [3.05, 3.63) is 26.4 Å². The minimum atomic E-state index is -0.647. The molecule has 2 N–H and O–H groups in total. The van der Waals surface area contributed by atoms with Gasteiger partial charge in [0.05, 0.1) is 19.3 Å². The molecule has 22 heavy (non-hydrogen) atoms. The van der Waals surface area contributed by atoms with Crippen LogP contribution in [0, 0.1) is 0 Å². The zero-order valence-corrected chi connectivity index (χ0v) is 13.2. The van der Waals surface area contributed by atoms with Crippen molar-refractivity contribution in [1.82, 2.24) is 14.0 Å². The maximum Gasteiger partial charge on any atom is 0.332 e. The fourth-order valence-corrected chi connectivity index (χ4v) is 2.58. The fourth-order valence-electron chi connectivity index (χ4n) is 2.58. The highest BCUT2D eigenvalue weighted by Crippen LogP contribution is 2.10. The van der Waals surface area contributed by atoms with Crippen LogP contribution >= 0.6 is 0 Å². The number of nitrogens with two attached hydrogens (primary N) is 1. The predicted molar refractivity (Wildman–Crippen MR) is 82.1 cm³/mol. The van der Waals surface area contributed by atoms with Crippen molar-refractivity contribution < 1.29 is 9.53 Å². The first-order valence-electron chi connectivity index (χ1n) is 7.29. The van der Waals surface area contributed by atoms with Gasteiger partial charge in [0.1, 0.15) is 11.4 Å². The van der Waals surface area contributed by atoms with Crippen LogP contribution in [0.2, 0.25) is 0 Å². The minimum absolute atomic E-state index is 0.0848. The molecule has 0 saturated carbocycles. The average Bonchev–Trinajstić information content (AvgIpc) is 2.51. The van der Waals surface area contributed by atoms with Crippen molar-refractivity contribution in [1.29, 1.82) is 0 Å². The largest absolute Gasteiger partial charge is 0.384 e. The van der Waals surface area contributed by atoms with Gasteiger partial charge in [0, 0.05) is 27.2 Å². The molecule has 0 bridgehead atoms. The molecular formula is C14H22N4O4. The zero-order valence-electron chi connectivity index (χ0n) is 13.2. The van der Waals surface area contributed by atoms with Crippen molar-refractivity contribution in [2.45, 2.75) is 19.4 Å². The standard InChI is InChI=1S/C14H22N4O4/c1-4-9-7-18(5-6-22-9)8-10(19)11-12(15)16(2)14(21)17(3)13(11)20/h9H,4-8,15H2,1-3H3/t9-/m0/s1. The number of hydrogen-bond donors (Lipinski definition) is 1. The summed E-state index contributed by atoms with van der Waals surface area (Å²) >= 11 is 0. The van der Waals surface area contributed by atoms with Crippen LogP contribution in [0.1, 0.15) is 23.7 Å². The Morgan fingerprint density at radius 3 is 2.64 bits per heavy atom. The van der Waals surface area contributed by atoms with E-state index in [-0.39, 0.29) is 29.8 Å². The van der Waals surface area contributed by atoms with E-state index in [2.05, 4.69) is 0 Å². The second-order valence-electron chi connectivity index (χ2n) is 5.53. The van der Waals surface area contributed by atoms with Crippen molar-refractivity contribution in [3.8, 4) is 0 Å².